The van der Waals surface area contributed by atoms with E-state index >= 15 is 0 Å². The number of amides is 1. The Bertz CT molecular complexity index is 703. The SMILES string of the molecule is O=C(Cn1c(=O)oc2ccccc21)NCC1CCC(O)C1. The zero-order valence-corrected chi connectivity index (χ0v) is 11.6. The van der Waals surface area contributed by atoms with Crippen molar-refractivity contribution in [2.24, 2.45) is 5.92 Å². The van der Waals surface area contributed by atoms with Crippen molar-refractivity contribution in [3.05, 3.63) is 34.8 Å². The number of nitrogens with zero attached hydrogens (tertiary/aromatic N) is 1. The van der Waals surface area contributed by atoms with Gasteiger partial charge in [-0.1, -0.05) is 12.1 Å². The highest BCUT2D eigenvalue weighted by Crippen LogP contribution is 2.24. The van der Waals surface area contributed by atoms with Crippen LogP contribution in [0.25, 0.3) is 11.1 Å². The summed E-state index contributed by atoms with van der Waals surface area (Å²) in [6, 6.07) is 7.03. The maximum absolute atomic E-state index is 12.0. The van der Waals surface area contributed by atoms with Gasteiger partial charge in [-0.25, -0.2) is 4.79 Å². The number of para-hydroxylation sites is 2. The number of carbonyl (C=O) groups excluding carboxylic acids is 1. The largest absolute Gasteiger partial charge is 0.420 e. The molecule has 1 amide bonds. The van der Waals surface area contributed by atoms with Gasteiger partial charge in [0.15, 0.2) is 5.58 Å². The third kappa shape index (κ3) is 3.00. The van der Waals surface area contributed by atoms with Crippen LogP contribution in [0.4, 0.5) is 0 Å². The fourth-order valence-corrected chi connectivity index (χ4v) is 2.86. The summed E-state index contributed by atoms with van der Waals surface area (Å²) in [7, 11) is 0. The highest BCUT2D eigenvalue weighted by molar-refractivity contribution is 5.79. The first kappa shape index (κ1) is 13.9. The fraction of sp³-hybridized carbons (Fsp3) is 0.467. The number of hydrogen-bond acceptors (Lipinski definition) is 4. The van der Waals surface area contributed by atoms with E-state index in [-0.39, 0.29) is 18.6 Å². The molecule has 0 radical (unpaired) electrons. The number of fused-ring (bicyclic) bond motifs is 1. The van der Waals surface area contributed by atoms with Crippen molar-refractivity contribution < 1.29 is 14.3 Å². The molecule has 21 heavy (non-hydrogen) atoms. The number of carbonyl (C=O) groups is 1. The van der Waals surface area contributed by atoms with E-state index in [4.69, 9.17) is 4.42 Å². The van der Waals surface area contributed by atoms with E-state index in [1.807, 2.05) is 0 Å². The first-order chi connectivity index (χ1) is 10.1. The van der Waals surface area contributed by atoms with Crippen LogP contribution in [-0.4, -0.2) is 28.2 Å². The molecule has 6 heteroatoms. The van der Waals surface area contributed by atoms with Gasteiger partial charge in [-0.05, 0) is 37.3 Å². The second-order valence-corrected chi connectivity index (χ2v) is 5.56. The first-order valence-electron chi connectivity index (χ1n) is 7.16. The summed E-state index contributed by atoms with van der Waals surface area (Å²) in [5.74, 6) is -0.422. The monoisotopic (exact) mass is 290 g/mol. The Labute approximate surface area is 121 Å². The third-order valence-corrected chi connectivity index (χ3v) is 3.98. The average Bonchev–Trinajstić information content (AvgIpc) is 3.01. The summed E-state index contributed by atoms with van der Waals surface area (Å²) >= 11 is 0. The smallest absolute Gasteiger partial charge is 0.408 e. The molecule has 2 N–H and O–H groups in total. The van der Waals surface area contributed by atoms with Gasteiger partial charge in [0.1, 0.15) is 6.54 Å². The van der Waals surface area contributed by atoms with E-state index in [2.05, 4.69) is 5.32 Å². The van der Waals surface area contributed by atoms with Gasteiger partial charge in [-0.3, -0.25) is 9.36 Å². The van der Waals surface area contributed by atoms with Crippen LogP contribution < -0.4 is 11.1 Å². The van der Waals surface area contributed by atoms with Crippen LogP contribution in [0, 0.1) is 5.92 Å². The number of oxazole rings is 1. The van der Waals surface area contributed by atoms with Gasteiger partial charge >= 0.3 is 5.76 Å². The minimum atomic E-state index is -0.525. The number of aliphatic hydroxyl groups excluding tert-OH is 1. The zero-order valence-electron chi connectivity index (χ0n) is 11.6. The molecule has 2 unspecified atom stereocenters. The van der Waals surface area contributed by atoms with Crippen LogP contribution in [-0.2, 0) is 11.3 Å². The van der Waals surface area contributed by atoms with Crippen LogP contribution in [0.5, 0.6) is 0 Å². The Morgan fingerprint density at radius 1 is 1.38 bits per heavy atom. The van der Waals surface area contributed by atoms with Crippen LogP contribution in [0.2, 0.25) is 0 Å². The number of rotatable bonds is 4. The van der Waals surface area contributed by atoms with Crippen molar-refractivity contribution in [3.8, 4) is 0 Å². The fourth-order valence-electron chi connectivity index (χ4n) is 2.86. The lowest BCUT2D eigenvalue weighted by Gasteiger charge is -2.11. The lowest BCUT2D eigenvalue weighted by Crippen LogP contribution is -2.33. The molecule has 1 heterocycles. The van der Waals surface area contributed by atoms with E-state index in [0.29, 0.717) is 23.6 Å². The molecule has 1 aliphatic rings. The molecule has 0 spiro atoms. The molecule has 0 aliphatic heterocycles. The van der Waals surface area contributed by atoms with E-state index in [9.17, 15) is 14.7 Å². The van der Waals surface area contributed by atoms with Crippen LogP contribution in [0.1, 0.15) is 19.3 Å². The summed E-state index contributed by atoms with van der Waals surface area (Å²) in [6.45, 7) is 0.492. The van der Waals surface area contributed by atoms with Gasteiger partial charge in [0.05, 0.1) is 11.6 Å². The zero-order chi connectivity index (χ0) is 14.8. The predicted molar refractivity (Wildman–Crippen MR) is 76.8 cm³/mol. The Balaban J connectivity index is 1.64. The lowest BCUT2D eigenvalue weighted by molar-refractivity contribution is -0.121. The minimum absolute atomic E-state index is 0.0505. The van der Waals surface area contributed by atoms with Gasteiger partial charge in [-0.15, -0.1) is 0 Å². The van der Waals surface area contributed by atoms with Gasteiger partial charge in [0, 0.05) is 6.54 Å². The Morgan fingerprint density at radius 2 is 2.19 bits per heavy atom. The van der Waals surface area contributed by atoms with Crippen molar-refractivity contribution in [2.45, 2.75) is 31.9 Å². The number of aromatic nitrogens is 1. The molecule has 0 saturated heterocycles. The molecule has 1 fully saturated rings. The maximum Gasteiger partial charge on any atom is 0.420 e. The third-order valence-electron chi connectivity index (χ3n) is 3.98. The number of aliphatic hydroxyl groups is 1. The quantitative estimate of drug-likeness (QED) is 0.875. The Hall–Kier alpha value is -2.08. The van der Waals surface area contributed by atoms with E-state index in [1.54, 1.807) is 24.3 Å². The van der Waals surface area contributed by atoms with Crippen molar-refractivity contribution in [1.82, 2.24) is 9.88 Å². The van der Waals surface area contributed by atoms with Crippen molar-refractivity contribution >= 4 is 17.0 Å². The molecular formula is C15H18N2O4. The molecule has 1 aromatic carbocycles. The molecule has 6 nitrogen and oxygen atoms in total. The average molecular weight is 290 g/mol. The van der Waals surface area contributed by atoms with Gasteiger partial charge < -0.3 is 14.8 Å². The maximum atomic E-state index is 12.0. The predicted octanol–water partition coefficient (Wildman–Crippen LogP) is 0.872. The van der Waals surface area contributed by atoms with E-state index in [1.165, 1.54) is 4.57 Å². The highest BCUT2D eigenvalue weighted by Gasteiger charge is 2.23. The first-order valence-corrected chi connectivity index (χ1v) is 7.16. The molecule has 2 atom stereocenters. The summed E-state index contributed by atoms with van der Waals surface area (Å²) < 4.78 is 6.41. The van der Waals surface area contributed by atoms with Crippen LogP contribution in [0.15, 0.2) is 33.5 Å². The normalized spacial score (nSPS) is 21.8. The van der Waals surface area contributed by atoms with Gasteiger partial charge in [-0.2, -0.15) is 0 Å². The number of hydrogen-bond donors (Lipinski definition) is 2. The molecule has 1 saturated carbocycles. The molecule has 2 aromatic rings. The number of benzene rings is 1. The van der Waals surface area contributed by atoms with Gasteiger partial charge in [0.2, 0.25) is 5.91 Å². The topological polar surface area (TPSA) is 84.5 Å². The van der Waals surface area contributed by atoms with Crippen molar-refractivity contribution in [1.29, 1.82) is 0 Å². The summed E-state index contributed by atoms with van der Waals surface area (Å²) in [5.41, 5.74) is 1.10. The molecule has 1 aromatic heterocycles. The Morgan fingerprint density at radius 3 is 2.95 bits per heavy atom. The number of nitrogens with one attached hydrogen (secondary N) is 1. The standard InChI is InChI=1S/C15H18N2O4/c18-11-6-5-10(7-11)8-16-14(19)9-17-12-3-1-2-4-13(12)21-15(17)20/h1-4,10-11,18H,5-9H2,(H,16,19). The van der Waals surface area contributed by atoms with Crippen LogP contribution in [0.3, 0.4) is 0 Å². The van der Waals surface area contributed by atoms with Gasteiger partial charge in [0.25, 0.3) is 0 Å². The second-order valence-electron chi connectivity index (χ2n) is 5.56. The van der Waals surface area contributed by atoms with E-state index in [0.717, 1.165) is 19.3 Å². The van der Waals surface area contributed by atoms with Crippen molar-refractivity contribution in [2.75, 3.05) is 6.54 Å². The molecule has 112 valence electrons. The molecule has 3 rings (SSSR count). The Kier molecular flexibility index (Phi) is 3.79. The lowest BCUT2D eigenvalue weighted by atomic mass is 10.1. The summed E-state index contributed by atoms with van der Waals surface area (Å²) in [5, 5.41) is 12.3. The summed E-state index contributed by atoms with van der Waals surface area (Å²) in [6.07, 6.45) is 2.21. The minimum Gasteiger partial charge on any atom is -0.408 e. The highest BCUT2D eigenvalue weighted by atomic mass is 16.4. The van der Waals surface area contributed by atoms with E-state index < -0.39 is 5.76 Å². The molecule has 1 aliphatic carbocycles. The van der Waals surface area contributed by atoms with Crippen molar-refractivity contribution in [3.63, 3.8) is 0 Å². The summed E-state index contributed by atoms with van der Waals surface area (Å²) in [4.78, 5) is 23.7. The molecule has 0 bridgehead atoms. The van der Waals surface area contributed by atoms with Crippen LogP contribution >= 0.6 is 0 Å². The second kappa shape index (κ2) is 5.73. The molecular weight excluding hydrogens is 272 g/mol.